The molecule has 0 aliphatic rings. The highest BCUT2D eigenvalue weighted by molar-refractivity contribution is 7.50. The molecule has 1 nitrogen and oxygen atoms in total. The van der Waals surface area contributed by atoms with Crippen LogP contribution < -0.4 is 9.92 Å². The van der Waals surface area contributed by atoms with E-state index in [-0.39, 0.29) is 5.19 Å². The predicted molar refractivity (Wildman–Crippen MR) is 61.0 cm³/mol. The molecule has 0 radical (unpaired) electrons. The van der Waals surface area contributed by atoms with Gasteiger partial charge in [-0.05, 0) is 23.9 Å². The van der Waals surface area contributed by atoms with Gasteiger partial charge in [-0.3, -0.25) is 0 Å². The number of halogens is 7. The van der Waals surface area contributed by atoms with E-state index in [4.69, 9.17) is 22.2 Å². The largest absolute Gasteiger partial charge is 0.499 e. The van der Waals surface area contributed by atoms with Crippen LogP contribution in [0, 0.1) is 0 Å². The number of ether oxygens (including phenoxy) is 1. The van der Waals surface area contributed by atoms with E-state index >= 15 is 0 Å². The summed E-state index contributed by atoms with van der Waals surface area (Å²) in [5.74, 6) is -0.644. The zero-order chi connectivity index (χ0) is 14.2. The van der Waals surface area contributed by atoms with E-state index in [2.05, 4.69) is 4.74 Å². The van der Waals surface area contributed by atoms with Crippen molar-refractivity contribution in [2.24, 2.45) is 0 Å². The maximum atomic E-state index is 12.6. The SMILES string of the molecule is C[Si](Cl)(Cl)c1cccc(OC(F)(F)C(F)(F)F)c1. The molecule has 0 fully saturated rings. The fourth-order valence-electron chi connectivity index (χ4n) is 1.04. The summed E-state index contributed by atoms with van der Waals surface area (Å²) in [6, 6.07) is 4.63. The second-order valence-corrected chi connectivity index (χ2v) is 11.0. The van der Waals surface area contributed by atoms with Crippen molar-refractivity contribution in [3.05, 3.63) is 24.3 Å². The highest BCUT2D eigenvalue weighted by atomic mass is 35.7. The lowest BCUT2D eigenvalue weighted by molar-refractivity contribution is -0.360. The second-order valence-electron chi connectivity index (χ2n) is 3.53. The third-order valence-corrected chi connectivity index (χ3v) is 4.55. The Morgan fingerprint density at radius 3 is 2.11 bits per heavy atom. The maximum Gasteiger partial charge on any atom is 0.499 e. The maximum absolute atomic E-state index is 12.6. The van der Waals surface area contributed by atoms with E-state index in [1.165, 1.54) is 18.7 Å². The third-order valence-electron chi connectivity index (χ3n) is 1.92. The van der Waals surface area contributed by atoms with Crippen molar-refractivity contribution in [2.45, 2.75) is 18.8 Å². The Balaban J connectivity index is 3.00. The summed E-state index contributed by atoms with van der Waals surface area (Å²) in [7, 11) is 0. The van der Waals surface area contributed by atoms with E-state index in [0.29, 0.717) is 0 Å². The topological polar surface area (TPSA) is 9.23 Å². The minimum atomic E-state index is -5.79. The first-order valence-electron chi connectivity index (χ1n) is 4.55. The van der Waals surface area contributed by atoms with Crippen molar-refractivity contribution < 1.29 is 26.7 Å². The molecule has 18 heavy (non-hydrogen) atoms. The summed E-state index contributed by atoms with van der Waals surface area (Å²) in [5.41, 5.74) is 0. The van der Waals surface area contributed by atoms with Gasteiger partial charge in [0.05, 0.1) is 0 Å². The molecule has 1 aromatic carbocycles. The number of hydrogen-bond donors (Lipinski definition) is 0. The first-order valence-corrected chi connectivity index (χ1v) is 9.08. The zero-order valence-electron chi connectivity index (χ0n) is 8.86. The fourth-order valence-corrected chi connectivity index (χ4v) is 2.53. The molecule has 0 heterocycles. The molecule has 0 aromatic heterocycles. The molecule has 0 spiro atoms. The minimum Gasteiger partial charge on any atom is -0.426 e. The van der Waals surface area contributed by atoms with Crippen LogP contribution >= 0.6 is 22.2 Å². The van der Waals surface area contributed by atoms with Gasteiger partial charge in [0, 0.05) is 0 Å². The van der Waals surface area contributed by atoms with Crippen LogP contribution in [-0.4, -0.2) is 19.0 Å². The smallest absolute Gasteiger partial charge is 0.426 e. The normalized spacial score (nSPS) is 13.6. The van der Waals surface area contributed by atoms with E-state index < -0.39 is 24.7 Å². The van der Waals surface area contributed by atoms with Gasteiger partial charge in [0.1, 0.15) is 5.75 Å². The predicted octanol–water partition coefficient (Wildman–Crippen LogP) is 3.98. The van der Waals surface area contributed by atoms with Crippen molar-refractivity contribution in [3.8, 4) is 5.75 Å². The lowest BCUT2D eigenvalue weighted by Crippen LogP contribution is -2.42. The highest BCUT2D eigenvalue weighted by Gasteiger charge is 2.61. The van der Waals surface area contributed by atoms with Crippen molar-refractivity contribution >= 4 is 34.0 Å². The Hall–Kier alpha value is -0.533. The molecule has 1 rings (SSSR count). The average molecular weight is 325 g/mol. The van der Waals surface area contributed by atoms with Crippen molar-refractivity contribution in [1.29, 1.82) is 0 Å². The van der Waals surface area contributed by atoms with Crippen LogP contribution in [-0.2, 0) is 0 Å². The first-order chi connectivity index (χ1) is 7.93. The van der Waals surface area contributed by atoms with Crippen LogP contribution in [0.15, 0.2) is 24.3 Å². The lowest BCUT2D eigenvalue weighted by Gasteiger charge is -2.21. The molecule has 102 valence electrons. The molecule has 0 saturated carbocycles. The Morgan fingerprint density at radius 2 is 1.67 bits per heavy atom. The van der Waals surface area contributed by atoms with Crippen LogP contribution in [0.1, 0.15) is 0 Å². The van der Waals surface area contributed by atoms with Crippen molar-refractivity contribution in [1.82, 2.24) is 0 Å². The summed E-state index contributed by atoms with van der Waals surface area (Å²) in [6.07, 6.45) is -11.0. The molecule has 0 bridgehead atoms. The molecule has 0 unspecified atom stereocenters. The van der Waals surface area contributed by atoms with Gasteiger partial charge < -0.3 is 4.74 Å². The van der Waals surface area contributed by atoms with Gasteiger partial charge in [0.25, 0.3) is 6.69 Å². The molecular formula is C9H7Cl2F5OSi. The molecule has 0 aliphatic carbocycles. The Bertz CT molecular complexity index is 430. The summed E-state index contributed by atoms with van der Waals surface area (Å²) in [6.45, 7) is -1.36. The van der Waals surface area contributed by atoms with Gasteiger partial charge in [-0.1, -0.05) is 12.1 Å². The molecule has 0 N–H and O–H groups in total. The van der Waals surface area contributed by atoms with E-state index in [0.717, 1.165) is 12.1 Å². The van der Waals surface area contributed by atoms with Crippen molar-refractivity contribution in [3.63, 3.8) is 0 Å². The van der Waals surface area contributed by atoms with Crippen LogP contribution in [0.4, 0.5) is 22.0 Å². The molecule has 0 amide bonds. The third kappa shape index (κ3) is 3.73. The van der Waals surface area contributed by atoms with Crippen molar-refractivity contribution in [2.75, 3.05) is 0 Å². The van der Waals surface area contributed by atoms with Gasteiger partial charge in [0.2, 0.25) is 0 Å². The van der Waals surface area contributed by atoms with E-state index in [1.807, 2.05) is 0 Å². The number of rotatable bonds is 3. The second kappa shape index (κ2) is 4.86. The molecule has 9 heteroatoms. The van der Waals surface area contributed by atoms with Crippen LogP contribution in [0.5, 0.6) is 5.75 Å². The lowest BCUT2D eigenvalue weighted by atomic mass is 10.3. The summed E-state index contributed by atoms with van der Waals surface area (Å²) in [4.78, 5) is 0. The summed E-state index contributed by atoms with van der Waals surface area (Å²) >= 11 is 11.7. The first kappa shape index (κ1) is 15.5. The summed E-state index contributed by atoms with van der Waals surface area (Å²) < 4.78 is 64.7. The number of alkyl halides is 5. The molecule has 0 aliphatic heterocycles. The fraction of sp³-hybridized carbons (Fsp3) is 0.333. The van der Waals surface area contributed by atoms with Crippen LogP contribution in [0.2, 0.25) is 6.55 Å². The Kier molecular flexibility index (Phi) is 4.19. The number of hydrogen-bond acceptors (Lipinski definition) is 1. The van der Waals surface area contributed by atoms with E-state index in [9.17, 15) is 22.0 Å². The van der Waals surface area contributed by atoms with Crippen LogP contribution in [0.25, 0.3) is 0 Å². The standard InChI is InChI=1S/C9H7Cl2F5OSi/c1-18(10,11)7-4-2-3-6(5-7)17-9(15,16)8(12,13)14/h2-5H,1H3. The molecule has 0 atom stereocenters. The number of benzene rings is 1. The Morgan fingerprint density at radius 1 is 1.11 bits per heavy atom. The minimum absolute atomic E-state index is 0.279. The van der Waals surface area contributed by atoms with Gasteiger partial charge in [-0.15, -0.1) is 22.2 Å². The molecular weight excluding hydrogens is 318 g/mol. The quantitative estimate of drug-likeness (QED) is 0.464. The van der Waals surface area contributed by atoms with Gasteiger partial charge in [-0.2, -0.15) is 22.0 Å². The molecule has 1 aromatic rings. The summed E-state index contributed by atoms with van der Waals surface area (Å²) in [5, 5.41) is 0.279. The monoisotopic (exact) mass is 324 g/mol. The zero-order valence-corrected chi connectivity index (χ0v) is 11.4. The Labute approximate surface area is 110 Å². The van der Waals surface area contributed by atoms with E-state index in [1.54, 1.807) is 0 Å². The average Bonchev–Trinajstić information content (AvgIpc) is 2.14. The van der Waals surface area contributed by atoms with Gasteiger partial charge >= 0.3 is 12.3 Å². The highest BCUT2D eigenvalue weighted by Crippen LogP contribution is 2.37. The van der Waals surface area contributed by atoms with Gasteiger partial charge in [-0.25, -0.2) is 0 Å². The molecule has 0 saturated heterocycles. The van der Waals surface area contributed by atoms with Crippen LogP contribution in [0.3, 0.4) is 0 Å². The van der Waals surface area contributed by atoms with Gasteiger partial charge in [0.15, 0.2) is 0 Å².